The van der Waals surface area contributed by atoms with Crippen LogP contribution in [0.3, 0.4) is 0 Å². The Kier molecular flexibility index (Phi) is 12.3. The normalized spacial score (nSPS) is 11.3. The summed E-state index contributed by atoms with van der Waals surface area (Å²) in [5.74, 6) is 0. The summed E-state index contributed by atoms with van der Waals surface area (Å²) < 4.78 is 0. The Balaban J connectivity index is 1.01. The molecular formula is C41H54N2. The molecule has 0 saturated carbocycles. The first-order valence-electron chi connectivity index (χ1n) is 16.7. The molecule has 0 radical (unpaired) electrons. The number of anilines is 2. The van der Waals surface area contributed by atoms with E-state index >= 15 is 0 Å². The SMILES string of the molecule is Cc1cc(Cc2ccc(CCCCCCCCCCCc3ccc(Cc4cc(C)c(N)c(C)c4)cc3)cc2)cc(C)c1N. The van der Waals surface area contributed by atoms with Crippen LogP contribution in [0.2, 0.25) is 0 Å². The largest absolute Gasteiger partial charge is 0.398 e. The Hall–Kier alpha value is -3.52. The predicted octanol–water partition coefficient (Wildman–Crippen LogP) is 10.6. The van der Waals surface area contributed by atoms with Crippen LogP contribution in [0.5, 0.6) is 0 Å². The third-order valence-corrected chi connectivity index (χ3v) is 9.10. The van der Waals surface area contributed by atoms with Gasteiger partial charge in [-0.1, -0.05) is 118 Å². The van der Waals surface area contributed by atoms with Crippen molar-refractivity contribution in [3.8, 4) is 0 Å². The maximum Gasteiger partial charge on any atom is 0.0373 e. The van der Waals surface area contributed by atoms with Crippen molar-refractivity contribution < 1.29 is 0 Å². The van der Waals surface area contributed by atoms with E-state index < -0.39 is 0 Å². The average molecular weight is 575 g/mol. The Bertz CT molecular complexity index is 1270. The van der Waals surface area contributed by atoms with E-state index in [0.717, 1.165) is 24.2 Å². The lowest BCUT2D eigenvalue weighted by molar-refractivity contribution is 0.558. The van der Waals surface area contributed by atoms with Crippen molar-refractivity contribution in [2.75, 3.05) is 11.5 Å². The fourth-order valence-corrected chi connectivity index (χ4v) is 6.35. The minimum absolute atomic E-state index is 0.921. The molecular weight excluding hydrogens is 520 g/mol. The molecule has 0 aliphatic carbocycles. The van der Waals surface area contributed by atoms with Gasteiger partial charge in [0.2, 0.25) is 0 Å². The van der Waals surface area contributed by atoms with E-state index in [9.17, 15) is 0 Å². The van der Waals surface area contributed by atoms with Crippen molar-refractivity contribution in [3.05, 3.63) is 128 Å². The number of hydrogen-bond donors (Lipinski definition) is 2. The molecule has 4 aromatic rings. The summed E-state index contributed by atoms with van der Waals surface area (Å²) in [6.07, 6.45) is 16.5. The second-order valence-electron chi connectivity index (χ2n) is 13.0. The molecule has 0 heterocycles. The van der Waals surface area contributed by atoms with Gasteiger partial charge in [-0.15, -0.1) is 0 Å². The molecule has 0 aliphatic rings. The van der Waals surface area contributed by atoms with Gasteiger partial charge in [-0.25, -0.2) is 0 Å². The molecule has 228 valence electrons. The van der Waals surface area contributed by atoms with Crippen molar-refractivity contribution in [1.82, 2.24) is 0 Å². The zero-order valence-corrected chi connectivity index (χ0v) is 27.3. The van der Waals surface area contributed by atoms with Crippen LogP contribution >= 0.6 is 0 Å². The summed E-state index contributed by atoms with van der Waals surface area (Å²) in [5, 5.41) is 0. The quantitative estimate of drug-likeness (QED) is 0.103. The summed E-state index contributed by atoms with van der Waals surface area (Å²) in [6, 6.07) is 27.4. The first-order valence-corrected chi connectivity index (χ1v) is 16.7. The average Bonchev–Trinajstić information content (AvgIpc) is 2.99. The highest BCUT2D eigenvalue weighted by Gasteiger charge is 2.05. The highest BCUT2D eigenvalue weighted by Crippen LogP contribution is 2.23. The van der Waals surface area contributed by atoms with E-state index in [2.05, 4.69) is 100 Å². The van der Waals surface area contributed by atoms with E-state index in [1.54, 1.807) is 0 Å². The molecule has 4 rings (SSSR count). The molecule has 2 heteroatoms. The van der Waals surface area contributed by atoms with Gasteiger partial charge in [0.15, 0.2) is 0 Å². The summed E-state index contributed by atoms with van der Waals surface area (Å²) in [7, 11) is 0. The number of hydrogen-bond acceptors (Lipinski definition) is 2. The topological polar surface area (TPSA) is 52.0 Å². The number of benzene rings is 4. The Morgan fingerprint density at radius 3 is 0.907 bits per heavy atom. The lowest BCUT2D eigenvalue weighted by atomic mass is 9.97. The smallest absolute Gasteiger partial charge is 0.0373 e. The van der Waals surface area contributed by atoms with Crippen LogP contribution < -0.4 is 11.5 Å². The van der Waals surface area contributed by atoms with E-state index in [1.807, 2.05) is 0 Å². The lowest BCUT2D eigenvalue weighted by Gasteiger charge is -2.10. The first-order chi connectivity index (χ1) is 20.8. The van der Waals surface area contributed by atoms with E-state index in [0.29, 0.717) is 0 Å². The molecule has 0 unspecified atom stereocenters. The molecule has 43 heavy (non-hydrogen) atoms. The van der Waals surface area contributed by atoms with Crippen LogP contribution in [0.25, 0.3) is 0 Å². The van der Waals surface area contributed by atoms with Crippen LogP contribution in [0, 0.1) is 27.7 Å². The molecule has 4 N–H and O–H groups in total. The molecule has 0 aromatic heterocycles. The maximum atomic E-state index is 6.12. The summed E-state index contributed by atoms with van der Waals surface area (Å²) in [5.41, 5.74) is 27.2. The fourth-order valence-electron chi connectivity index (χ4n) is 6.35. The van der Waals surface area contributed by atoms with E-state index in [1.165, 1.54) is 126 Å². The third kappa shape index (κ3) is 10.3. The molecule has 0 saturated heterocycles. The molecule has 2 nitrogen and oxygen atoms in total. The monoisotopic (exact) mass is 574 g/mol. The molecule has 4 aromatic carbocycles. The molecule has 0 aliphatic heterocycles. The van der Waals surface area contributed by atoms with Crippen molar-refractivity contribution in [2.45, 2.75) is 111 Å². The molecule has 0 fully saturated rings. The van der Waals surface area contributed by atoms with Gasteiger partial charge < -0.3 is 11.5 Å². The second-order valence-corrected chi connectivity index (χ2v) is 13.0. The summed E-state index contributed by atoms with van der Waals surface area (Å²) in [6.45, 7) is 8.40. The zero-order valence-electron chi connectivity index (χ0n) is 27.3. The number of nitrogens with two attached hydrogens (primary N) is 2. The lowest BCUT2D eigenvalue weighted by Crippen LogP contribution is -1.97. The second kappa shape index (κ2) is 16.4. The van der Waals surface area contributed by atoms with Crippen molar-refractivity contribution >= 4 is 11.4 Å². The minimum atomic E-state index is 0.921. The van der Waals surface area contributed by atoms with Crippen LogP contribution in [0.4, 0.5) is 11.4 Å². The Labute approximate surface area is 261 Å². The first kappa shape index (κ1) is 32.4. The third-order valence-electron chi connectivity index (χ3n) is 9.10. The predicted molar refractivity (Wildman–Crippen MR) is 188 cm³/mol. The van der Waals surface area contributed by atoms with Gasteiger partial charge in [0.05, 0.1) is 0 Å². The number of unbranched alkanes of at least 4 members (excludes halogenated alkanes) is 8. The van der Waals surface area contributed by atoms with Crippen molar-refractivity contribution in [1.29, 1.82) is 0 Å². The maximum absolute atomic E-state index is 6.12. The summed E-state index contributed by atoms with van der Waals surface area (Å²) >= 11 is 0. The Morgan fingerprint density at radius 1 is 0.349 bits per heavy atom. The van der Waals surface area contributed by atoms with Crippen molar-refractivity contribution in [3.63, 3.8) is 0 Å². The Morgan fingerprint density at radius 2 is 0.605 bits per heavy atom. The van der Waals surface area contributed by atoms with Gasteiger partial charge in [0.25, 0.3) is 0 Å². The molecule has 0 bridgehead atoms. The van der Waals surface area contributed by atoms with Gasteiger partial charge in [-0.05, 0) is 122 Å². The molecule has 0 spiro atoms. The van der Waals surface area contributed by atoms with Gasteiger partial charge in [0.1, 0.15) is 0 Å². The fraction of sp³-hybridized carbons (Fsp3) is 0.415. The highest BCUT2D eigenvalue weighted by molar-refractivity contribution is 5.55. The number of nitrogen functional groups attached to an aromatic ring is 2. The van der Waals surface area contributed by atoms with Crippen molar-refractivity contribution in [2.24, 2.45) is 0 Å². The van der Waals surface area contributed by atoms with Gasteiger partial charge in [-0.3, -0.25) is 0 Å². The van der Waals surface area contributed by atoms with Crippen LogP contribution in [-0.2, 0) is 25.7 Å². The minimum Gasteiger partial charge on any atom is -0.398 e. The van der Waals surface area contributed by atoms with Gasteiger partial charge >= 0.3 is 0 Å². The van der Waals surface area contributed by atoms with E-state index in [4.69, 9.17) is 11.5 Å². The molecule has 0 amide bonds. The number of rotatable bonds is 16. The zero-order chi connectivity index (χ0) is 30.6. The van der Waals surface area contributed by atoms with Gasteiger partial charge in [0, 0.05) is 11.4 Å². The van der Waals surface area contributed by atoms with Gasteiger partial charge in [-0.2, -0.15) is 0 Å². The standard InChI is InChI=1S/C41H54N2/c1-30-24-38(25-31(2)40(30)42)28-36-20-16-34(17-21-36)14-12-10-8-6-5-7-9-11-13-15-35-18-22-37(23-19-35)29-39-26-32(3)41(43)33(4)27-39/h16-27H,5-15,28-29,42-43H2,1-4H3. The van der Waals surface area contributed by atoms with Crippen LogP contribution in [0.1, 0.15) is 113 Å². The summed E-state index contributed by atoms with van der Waals surface area (Å²) in [4.78, 5) is 0. The van der Waals surface area contributed by atoms with E-state index in [-0.39, 0.29) is 0 Å². The van der Waals surface area contributed by atoms with Crippen LogP contribution in [-0.4, -0.2) is 0 Å². The van der Waals surface area contributed by atoms with Crippen LogP contribution in [0.15, 0.2) is 72.8 Å². The highest BCUT2D eigenvalue weighted by atomic mass is 14.6. The molecule has 0 atom stereocenters. The number of aryl methyl sites for hydroxylation is 6.